The molecule has 0 amide bonds. The molecule has 0 aromatic heterocycles. The lowest BCUT2D eigenvalue weighted by molar-refractivity contribution is 0.251. The van der Waals surface area contributed by atoms with E-state index >= 15 is 0 Å². The summed E-state index contributed by atoms with van der Waals surface area (Å²) in [5, 5.41) is 0. The van der Waals surface area contributed by atoms with Gasteiger partial charge in [-0.25, -0.2) is 8.78 Å². The maximum atomic E-state index is 13.5. The van der Waals surface area contributed by atoms with Crippen molar-refractivity contribution >= 4 is 12.4 Å². The van der Waals surface area contributed by atoms with Gasteiger partial charge in [0.05, 0.1) is 0 Å². The molecule has 1 heterocycles. The van der Waals surface area contributed by atoms with Crippen molar-refractivity contribution in [2.75, 3.05) is 19.6 Å². The average Bonchev–Trinajstić information content (AvgIpc) is 3.02. The number of hydrogen-bond acceptors (Lipinski definition) is 2. The van der Waals surface area contributed by atoms with Crippen molar-refractivity contribution in [2.45, 2.75) is 18.9 Å². The van der Waals surface area contributed by atoms with Gasteiger partial charge in [0.15, 0.2) is 11.6 Å². The van der Waals surface area contributed by atoms with Crippen LogP contribution in [0.15, 0.2) is 48.5 Å². The van der Waals surface area contributed by atoms with E-state index in [1.807, 2.05) is 25.1 Å². The molecule has 1 aliphatic heterocycles. The van der Waals surface area contributed by atoms with Crippen LogP contribution in [0.5, 0.6) is 0 Å². The first-order valence-electron chi connectivity index (χ1n) is 8.04. The summed E-state index contributed by atoms with van der Waals surface area (Å²) in [6, 6.07) is 14.6. The van der Waals surface area contributed by atoms with E-state index in [0.29, 0.717) is 18.4 Å². The summed E-state index contributed by atoms with van der Waals surface area (Å²) in [4.78, 5) is 2.31. The first-order valence-corrected chi connectivity index (χ1v) is 8.04. The molecule has 2 nitrogen and oxygen atoms in total. The molecule has 130 valence electrons. The molecule has 3 atom stereocenters. The highest BCUT2D eigenvalue weighted by molar-refractivity contribution is 5.85. The highest BCUT2D eigenvalue weighted by atomic mass is 35.5. The van der Waals surface area contributed by atoms with Gasteiger partial charge in [-0.05, 0) is 42.6 Å². The fraction of sp³-hybridized carbons (Fsp3) is 0.368. The molecule has 1 fully saturated rings. The van der Waals surface area contributed by atoms with E-state index in [2.05, 4.69) is 17.0 Å². The van der Waals surface area contributed by atoms with Gasteiger partial charge < -0.3 is 5.73 Å². The summed E-state index contributed by atoms with van der Waals surface area (Å²) < 4.78 is 26.6. The minimum atomic E-state index is -0.802. The van der Waals surface area contributed by atoms with Crippen molar-refractivity contribution in [3.05, 3.63) is 71.3 Å². The zero-order chi connectivity index (χ0) is 16.4. The number of benzene rings is 2. The lowest BCUT2D eigenvalue weighted by Crippen LogP contribution is -2.26. The number of nitrogens with zero attached hydrogens (tertiary/aromatic N) is 1. The van der Waals surface area contributed by atoms with E-state index < -0.39 is 11.6 Å². The maximum absolute atomic E-state index is 13.5. The zero-order valence-electron chi connectivity index (χ0n) is 13.7. The maximum Gasteiger partial charge on any atom is 0.159 e. The lowest BCUT2D eigenvalue weighted by atomic mass is 9.89. The van der Waals surface area contributed by atoms with Crippen LogP contribution in [0.25, 0.3) is 0 Å². The molecular formula is C19H23ClF2N2. The Kier molecular flexibility index (Phi) is 6.33. The van der Waals surface area contributed by atoms with Crippen molar-refractivity contribution in [1.29, 1.82) is 0 Å². The van der Waals surface area contributed by atoms with Gasteiger partial charge in [-0.3, -0.25) is 4.90 Å². The van der Waals surface area contributed by atoms with E-state index in [1.54, 1.807) is 6.07 Å². The molecule has 0 saturated carbocycles. The lowest BCUT2D eigenvalue weighted by Gasteiger charge is -2.25. The van der Waals surface area contributed by atoms with Crippen molar-refractivity contribution in [3.63, 3.8) is 0 Å². The fourth-order valence-corrected chi connectivity index (χ4v) is 3.52. The average molecular weight is 353 g/mol. The molecule has 0 radical (unpaired) electrons. The van der Waals surface area contributed by atoms with Gasteiger partial charge in [-0.1, -0.05) is 36.4 Å². The Labute approximate surface area is 148 Å². The van der Waals surface area contributed by atoms with Crippen LogP contribution in [0, 0.1) is 17.6 Å². The van der Waals surface area contributed by atoms with E-state index in [-0.39, 0.29) is 18.4 Å². The molecule has 0 spiro atoms. The molecule has 0 bridgehead atoms. The molecule has 3 rings (SSSR count). The number of hydrogen-bond donors (Lipinski definition) is 1. The quantitative estimate of drug-likeness (QED) is 0.896. The van der Waals surface area contributed by atoms with E-state index in [4.69, 9.17) is 5.73 Å². The monoisotopic (exact) mass is 352 g/mol. The van der Waals surface area contributed by atoms with E-state index in [0.717, 1.165) is 18.7 Å². The van der Waals surface area contributed by atoms with Crippen LogP contribution in [0.2, 0.25) is 0 Å². The second-order valence-electron chi connectivity index (χ2n) is 6.32. The Balaban J connectivity index is 0.00000208. The van der Waals surface area contributed by atoms with Crippen LogP contribution in [0.4, 0.5) is 8.78 Å². The third-order valence-electron chi connectivity index (χ3n) is 4.97. The molecule has 1 saturated heterocycles. The van der Waals surface area contributed by atoms with Crippen molar-refractivity contribution in [1.82, 2.24) is 4.90 Å². The van der Waals surface area contributed by atoms with Crippen molar-refractivity contribution < 1.29 is 8.78 Å². The van der Waals surface area contributed by atoms with Gasteiger partial charge in [-0.15, -0.1) is 12.4 Å². The third kappa shape index (κ3) is 3.77. The first kappa shape index (κ1) is 18.8. The summed E-state index contributed by atoms with van der Waals surface area (Å²) in [6.45, 7) is 4.41. The van der Waals surface area contributed by atoms with Gasteiger partial charge in [0.1, 0.15) is 0 Å². The van der Waals surface area contributed by atoms with Gasteiger partial charge in [-0.2, -0.15) is 0 Å². The van der Waals surface area contributed by atoms with Crippen molar-refractivity contribution in [3.8, 4) is 0 Å². The Bertz CT molecular complexity index is 666. The van der Waals surface area contributed by atoms with Gasteiger partial charge >= 0.3 is 0 Å². The molecule has 0 aliphatic carbocycles. The Morgan fingerprint density at radius 3 is 2.42 bits per heavy atom. The summed E-state index contributed by atoms with van der Waals surface area (Å²) in [6.07, 6.45) is 0. The largest absolute Gasteiger partial charge is 0.330 e. The molecular weight excluding hydrogens is 330 g/mol. The van der Waals surface area contributed by atoms with Crippen LogP contribution in [-0.4, -0.2) is 24.5 Å². The predicted octanol–water partition coefficient (Wildman–Crippen LogP) is 4.12. The van der Waals surface area contributed by atoms with Crippen LogP contribution in [0.1, 0.15) is 30.0 Å². The summed E-state index contributed by atoms with van der Waals surface area (Å²) >= 11 is 0. The van der Waals surface area contributed by atoms with Crippen LogP contribution in [-0.2, 0) is 0 Å². The Morgan fingerprint density at radius 1 is 1.08 bits per heavy atom. The number of halogens is 3. The molecule has 24 heavy (non-hydrogen) atoms. The molecule has 2 N–H and O–H groups in total. The molecule has 2 aromatic carbocycles. The SMILES string of the molecule is CC(c1ccc(F)c(F)c1)N1C[C@@H](CN)[C@H](c2ccccc2)C1.Cl. The third-order valence-corrected chi connectivity index (χ3v) is 4.97. The molecule has 1 aliphatic rings. The predicted molar refractivity (Wildman–Crippen MR) is 95.3 cm³/mol. The second kappa shape index (κ2) is 8.06. The van der Waals surface area contributed by atoms with Gasteiger partial charge in [0.2, 0.25) is 0 Å². The molecule has 2 aromatic rings. The van der Waals surface area contributed by atoms with E-state index in [9.17, 15) is 8.78 Å². The minimum absolute atomic E-state index is 0. The molecule has 5 heteroatoms. The van der Waals surface area contributed by atoms with E-state index in [1.165, 1.54) is 17.7 Å². The standard InChI is InChI=1S/C19H22F2N2.ClH/c1-13(15-7-8-18(20)19(21)9-15)23-11-16(10-22)17(12-23)14-5-3-2-4-6-14;/h2-9,13,16-17H,10-12,22H2,1H3;1H/t13?,16-,17+;/m1./s1. The first-order chi connectivity index (χ1) is 11.1. The van der Waals surface area contributed by atoms with Crippen LogP contribution < -0.4 is 5.73 Å². The van der Waals surface area contributed by atoms with Crippen LogP contribution >= 0.6 is 12.4 Å². The summed E-state index contributed by atoms with van der Waals surface area (Å²) in [5.74, 6) is -0.827. The summed E-state index contributed by atoms with van der Waals surface area (Å²) in [7, 11) is 0. The fourth-order valence-electron chi connectivity index (χ4n) is 3.52. The number of nitrogens with two attached hydrogens (primary N) is 1. The summed E-state index contributed by atoms with van der Waals surface area (Å²) in [5.41, 5.74) is 8.06. The topological polar surface area (TPSA) is 29.3 Å². The smallest absolute Gasteiger partial charge is 0.159 e. The Morgan fingerprint density at radius 2 is 1.79 bits per heavy atom. The second-order valence-corrected chi connectivity index (χ2v) is 6.32. The molecule has 1 unspecified atom stereocenters. The van der Waals surface area contributed by atoms with Gasteiger partial charge in [0.25, 0.3) is 0 Å². The normalized spacial score (nSPS) is 22.2. The highest BCUT2D eigenvalue weighted by Crippen LogP contribution is 2.36. The highest BCUT2D eigenvalue weighted by Gasteiger charge is 2.35. The Hall–Kier alpha value is -1.49. The van der Waals surface area contributed by atoms with Crippen LogP contribution in [0.3, 0.4) is 0 Å². The zero-order valence-corrected chi connectivity index (χ0v) is 14.5. The van der Waals surface area contributed by atoms with Crippen molar-refractivity contribution in [2.24, 2.45) is 11.7 Å². The number of likely N-dealkylation sites (tertiary alicyclic amines) is 1. The number of rotatable bonds is 4. The minimum Gasteiger partial charge on any atom is -0.330 e. The van der Waals surface area contributed by atoms with Gasteiger partial charge in [0, 0.05) is 25.0 Å².